The zero-order valence-electron chi connectivity index (χ0n) is 10.3. The minimum absolute atomic E-state index is 0.779. The third-order valence-corrected chi connectivity index (χ3v) is 5.94. The van der Waals surface area contributed by atoms with Gasteiger partial charge in [-0.15, -0.1) is 11.3 Å². The molecule has 20 heavy (non-hydrogen) atoms. The SMILES string of the molecule is Brc1cc(CNc2ccc(-n3ccnc3)nc2)sc1Br. The van der Waals surface area contributed by atoms with E-state index in [1.54, 1.807) is 23.9 Å². The molecule has 0 saturated carbocycles. The number of nitrogens with one attached hydrogen (secondary N) is 1. The number of hydrogen-bond acceptors (Lipinski definition) is 4. The molecule has 0 aliphatic heterocycles. The van der Waals surface area contributed by atoms with Gasteiger partial charge in [-0.1, -0.05) is 0 Å². The zero-order valence-corrected chi connectivity index (χ0v) is 14.2. The minimum atomic E-state index is 0.779. The molecule has 0 aliphatic carbocycles. The van der Waals surface area contributed by atoms with E-state index >= 15 is 0 Å². The zero-order chi connectivity index (χ0) is 13.9. The molecule has 0 atom stereocenters. The summed E-state index contributed by atoms with van der Waals surface area (Å²) in [5.74, 6) is 0.856. The van der Waals surface area contributed by atoms with Crippen molar-refractivity contribution in [3.05, 3.63) is 56.3 Å². The molecule has 102 valence electrons. The summed E-state index contributed by atoms with van der Waals surface area (Å²) >= 11 is 8.69. The first-order valence-electron chi connectivity index (χ1n) is 5.84. The first-order chi connectivity index (χ1) is 9.72. The van der Waals surface area contributed by atoms with Gasteiger partial charge in [-0.2, -0.15) is 0 Å². The van der Waals surface area contributed by atoms with Crippen molar-refractivity contribution in [1.29, 1.82) is 0 Å². The summed E-state index contributed by atoms with van der Waals surface area (Å²) in [7, 11) is 0. The van der Waals surface area contributed by atoms with E-state index in [0.717, 1.165) is 26.3 Å². The smallest absolute Gasteiger partial charge is 0.137 e. The van der Waals surface area contributed by atoms with Gasteiger partial charge in [0.15, 0.2) is 0 Å². The molecule has 3 aromatic rings. The van der Waals surface area contributed by atoms with E-state index < -0.39 is 0 Å². The minimum Gasteiger partial charge on any atom is -0.379 e. The molecule has 3 heterocycles. The Balaban J connectivity index is 1.66. The second-order valence-electron chi connectivity index (χ2n) is 4.06. The summed E-state index contributed by atoms with van der Waals surface area (Å²) in [6.07, 6.45) is 7.17. The van der Waals surface area contributed by atoms with Crippen LogP contribution in [0.2, 0.25) is 0 Å². The number of hydrogen-bond donors (Lipinski definition) is 1. The van der Waals surface area contributed by atoms with Crippen molar-refractivity contribution in [3.63, 3.8) is 0 Å². The fourth-order valence-electron chi connectivity index (χ4n) is 1.71. The lowest BCUT2D eigenvalue weighted by Gasteiger charge is -2.06. The van der Waals surface area contributed by atoms with Crippen LogP contribution in [0.4, 0.5) is 5.69 Å². The first-order valence-corrected chi connectivity index (χ1v) is 8.24. The largest absolute Gasteiger partial charge is 0.379 e. The van der Waals surface area contributed by atoms with Crippen molar-refractivity contribution in [2.45, 2.75) is 6.54 Å². The molecule has 0 bridgehead atoms. The highest BCUT2D eigenvalue weighted by atomic mass is 79.9. The standard InChI is InChI=1S/C13H10Br2N4S/c14-11-5-10(20-13(11)15)7-17-9-1-2-12(18-6-9)19-4-3-16-8-19/h1-6,8,17H,7H2. The molecule has 0 spiro atoms. The van der Waals surface area contributed by atoms with Crippen LogP contribution >= 0.6 is 43.2 Å². The molecule has 0 radical (unpaired) electrons. The van der Waals surface area contributed by atoms with Gasteiger partial charge >= 0.3 is 0 Å². The quantitative estimate of drug-likeness (QED) is 0.686. The van der Waals surface area contributed by atoms with Gasteiger partial charge in [-0.05, 0) is 50.1 Å². The number of pyridine rings is 1. The van der Waals surface area contributed by atoms with Gasteiger partial charge in [0.05, 0.1) is 15.7 Å². The Labute approximate surface area is 137 Å². The van der Waals surface area contributed by atoms with Gasteiger partial charge in [-0.25, -0.2) is 9.97 Å². The molecule has 3 aromatic heterocycles. The normalized spacial score (nSPS) is 10.7. The van der Waals surface area contributed by atoms with Crippen LogP contribution in [0.25, 0.3) is 5.82 Å². The number of anilines is 1. The van der Waals surface area contributed by atoms with Crippen molar-refractivity contribution in [2.75, 3.05) is 5.32 Å². The maximum atomic E-state index is 4.40. The van der Waals surface area contributed by atoms with Crippen molar-refractivity contribution in [1.82, 2.24) is 14.5 Å². The summed E-state index contributed by atoms with van der Waals surface area (Å²) in [5.41, 5.74) is 0.995. The van der Waals surface area contributed by atoms with Gasteiger partial charge in [-0.3, -0.25) is 4.57 Å². The lowest BCUT2D eigenvalue weighted by molar-refractivity contribution is 0.991. The monoisotopic (exact) mass is 412 g/mol. The Hall–Kier alpha value is -1.18. The molecule has 4 nitrogen and oxygen atoms in total. The molecule has 0 fully saturated rings. The van der Waals surface area contributed by atoms with Gasteiger partial charge in [0.2, 0.25) is 0 Å². The molecule has 1 N–H and O–H groups in total. The van der Waals surface area contributed by atoms with E-state index in [0.29, 0.717) is 0 Å². The van der Waals surface area contributed by atoms with Gasteiger partial charge in [0, 0.05) is 28.3 Å². The number of thiophene rings is 1. The van der Waals surface area contributed by atoms with Gasteiger partial charge in [0.25, 0.3) is 0 Å². The Kier molecular flexibility index (Phi) is 4.18. The Bertz CT molecular complexity index is 672. The maximum absolute atomic E-state index is 4.40. The van der Waals surface area contributed by atoms with Crippen molar-refractivity contribution in [2.24, 2.45) is 0 Å². The second kappa shape index (κ2) is 6.07. The first kappa shape index (κ1) is 13.8. The number of aromatic nitrogens is 3. The molecule has 7 heteroatoms. The van der Waals surface area contributed by atoms with E-state index in [2.05, 4.69) is 53.2 Å². The van der Waals surface area contributed by atoms with Crippen molar-refractivity contribution in [3.8, 4) is 5.82 Å². The molecule has 3 rings (SSSR count). The number of imidazole rings is 1. The van der Waals surface area contributed by atoms with Crippen LogP contribution in [0, 0.1) is 0 Å². The fourth-order valence-corrected chi connectivity index (χ4v) is 3.82. The maximum Gasteiger partial charge on any atom is 0.137 e. The molecule has 0 saturated heterocycles. The van der Waals surface area contributed by atoms with Gasteiger partial charge < -0.3 is 5.32 Å². The topological polar surface area (TPSA) is 42.7 Å². The van der Waals surface area contributed by atoms with Crippen LogP contribution < -0.4 is 5.32 Å². The Morgan fingerprint density at radius 1 is 1.30 bits per heavy atom. The number of halogens is 2. The number of nitrogens with zero attached hydrogens (tertiary/aromatic N) is 3. The summed E-state index contributed by atoms with van der Waals surface area (Å²) in [6, 6.07) is 6.08. The third-order valence-electron chi connectivity index (χ3n) is 2.68. The summed E-state index contributed by atoms with van der Waals surface area (Å²) in [4.78, 5) is 9.66. The molecule has 0 unspecified atom stereocenters. The predicted molar refractivity (Wildman–Crippen MR) is 88.4 cm³/mol. The van der Waals surface area contributed by atoms with E-state index in [-0.39, 0.29) is 0 Å². The number of rotatable bonds is 4. The molecular weight excluding hydrogens is 404 g/mol. The van der Waals surface area contributed by atoms with Crippen LogP contribution in [0.5, 0.6) is 0 Å². The van der Waals surface area contributed by atoms with E-state index in [1.165, 1.54) is 4.88 Å². The van der Waals surface area contributed by atoms with E-state index in [4.69, 9.17) is 0 Å². The van der Waals surface area contributed by atoms with E-state index in [9.17, 15) is 0 Å². The third kappa shape index (κ3) is 3.11. The highest BCUT2D eigenvalue weighted by Crippen LogP contribution is 2.32. The molecule has 0 aromatic carbocycles. The highest BCUT2D eigenvalue weighted by molar-refractivity contribution is 9.13. The summed E-state index contributed by atoms with van der Waals surface area (Å²) in [6.45, 7) is 0.779. The summed E-state index contributed by atoms with van der Waals surface area (Å²) < 4.78 is 4.08. The van der Waals surface area contributed by atoms with Gasteiger partial charge in [0.1, 0.15) is 12.1 Å². The molecule has 0 amide bonds. The van der Waals surface area contributed by atoms with Crippen molar-refractivity contribution < 1.29 is 0 Å². The predicted octanol–water partition coefficient (Wildman–Crippen LogP) is 4.47. The van der Waals surface area contributed by atoms with Crippen molar-refractivity contribution >= 4 is 48.9 Å². The van der Waals surface area contributed by atoms with Crippen LogP contribution in [0.15, 0.2) is 51.4 Å². The Morgan fingerprint density at radius 2 is 2.20 bits per heavy atom. The van der Waals surface area contributed by atoms with Crippen LogP contribution in [0.3, 0.4) is 0 Å². The highest BCUT2D eigenvalue weighted by Gasteiger charge is 2.04. The van der Waals surface area contributed by atoms with E-state index in [1.807, 2.05) is 29.1 Å². The fraction of sp³-hybridized carbons (Fsp3) is 0.0769. The lowest BCUT2D eigenvalue weighted by Crippen LogP contribution is -1.99. The summed E-state index contributed by atoms with van der Waals surface area (Å²) in [5, 5.41) is 3.36. The molecular formula is C13H10Br2N4S. The van der Waals surface area contributed by atoms with Crippen LogP contribution in [-0.4, -0.2) is 14.5 Å². The molecule has 0 aliphatic rings. The average Bonchev–Trinajstić information content (AvgIpc) is 3.08. The second-order valence-corrected chi connectivity index (χ2v) is 7.37. The van der Waals surface area contributed by atoms with Crippen LogP contribution in [0.1, 0.15) is 4.88 Å². The average molecular weight is 414 g/mol. The Morgan fingerprint density at radius 3 is 2.80 bits per heavy atom. The lowest BCUT2D eigenvalue weighted by atomic mass is 10.4. The van der Waals surface area contributed by atoms with Crippen LogP contribution in [-0.2, 0) is 6.54 Å².